The maximum atomic E-state index is 11.0. The standard InChI is InChI=1S/C10H9ClN2O2S/c1-7-10(6-12-13-7)8-2-4-9(5-3-8)16(11,14)15/h2-6H,1H3,(H,12,13). The second-order valence-corrected chi connectivity index (χ2v) is 5.94. The van der Waals surface area contributed by atoms with E-state index in [1.165, 1.54) is 12.1 Å². The maximum Gasteiger partial charge on any atom is 0.261 e. The zero-order valence-electron chi connectivity index (χ0n) is 8.44. The van der Waals surface area contributed by atoms with Crippen molar-refractivity contribution < 1.29 is 8.42 Å². The van der Waals surface area contributed by atoms with Crippen LogP contribution in [0.15, 0.2) is 35.4 Å². The van der Waals surface area contributed by atoms with Crippen LogP contribution in [0, 0.1) is 6.92 Å². The van der Waals surface area contributed by atoms with Crippen molar-refractivity contribution >= 4 is 19.7 Å². The van der Waals surface area contributed by atoms with Crippen LogP contribution in [0.1, 0.15) is 5.69 Å². The lowest BCUT2D eigenvalue weighted by Crippen LogP contribution is -1.89. The van der Waals surface area contributed by atoms with E-state index >= 15 is 0 Å². The first-order valence-electron chi connectivity index (χ1n) is 4.53. The maximum absolute atomic E-state index is 11.0. The molecule has 0 amide bonds. The number of nitrogens with one attached hydrogen (secondary N) is 1. The molecule has 84 valence electrons. The fraction of sp³-hybridized carbons (Fsp3) is 0.100. The van der Waals surface area contributed by atoms with Gasteiger partial charge in [-0.3, -0.25) is 5.10 Å². The van der Waals surface area contributed by atoms with Crippen LogP contribution >= 0.6 is 10.7 Å². The highest BCUT2D eigenvalue weighted by molar-refractivity contribution is 8.13. The molecule has 0 radical (unpaired) electrons. The monoisotopic (exact) mass is 256 g/mol. The molecule has 1 N–H and O–H groups in total. The van der Waals surface area contributed by atoms with Crippen LogP contribution in [0.4, 0.5) is 0 Å². The van der Waals surface area contributed by atoms with Crippen LogP contribution in [0.5, 0.6) is 0 Å². The van der Waals surface area contributed by atoms with Gasteiger partial charge in [-0.2, -0.15) is 5.10 Å². The van der Waals surface area contributed by atoms with Crippen molar-refractivity contribution in [1.29, 1.82) is 0 Å². The predicted molar refractivity (Wildman–Crippen MR) is 61.8 cm³/mol. The van der Waals surface area contributed by atoms with Crippen LogP contribution in [0.2, 0.25) is 0 Å². The fourth-order valence-electron chi connectivity index (χ4n) is 1.44. The first-order chi connectivity index (χ1) is 7.48. The van der Waals surface area contributed by atoms with Crippen molar-refractivity contribution in [1.82, 2.24) is 10.2 Å². The topological polar surface area (TPSA) is 62.8 Å². The van der Waals surface area contributed by atoms with Crippen molar-refractivity contribution in [3.8, 4) is 11.1 Å². The number of hydrogen-bond acceptors (Lipinski definition) is 3. The van der Waals surface area contributed by atoms with E-state index in [1.54, 1.807) is 18.3 Å². The summed E-state index contributed by atoms with van der Waals surface area (Å²) in [5, 5.41) is 6.72. The summed E-state index contributed by atoms with van der Waals surface area (Å²) in [5.41, 5.74) is 2.77. The molecule has 0 aliphatic heterocycles. The average Bonchev–Trinajstić information content (AvgIpc) is 2.63. The zero-order valence-corrected chi connectivity index (χ0v) is 10.0. The van der Waals surface area contributed by atoms with Gasteiger partial charge in [0.2, 0.25) is 0 Å². The number of hydrogen-bond donors (Lipinski definition) is 1. The molecule has 0 aliphatic rings. The Morgan fingerprint density at radius 3 is 2.31 bits per heavy atom. The Kier molecular flexibility index (Phi) is 2.73. The number of rotatable bonds is 2. The molecule has 0 atom stereocenters. The lowest BCUT2D eigenvalue weighted by atomic mass is 10.1. The van der Waals surface area contributed by atoms with Crippen molar-refractivity contribution in [2.24, 2.45) is 0 Å². The molecule has 1 aromatic heterocycles. The molecule has 1 aromatic carbocycles. The third-order valence-electron chi connectivity index (χ3n) is 2.28. The summed E-state index contributed by atoms with van der Waals surface area (Å²) in [7, 11) is 1.57. The second-order valence-electron chi connectivity index (χ2n) is 3.37. The van der Waals surface area contributed by atoms with Crippen molar-refractivity contribution in [3.05, 3.63) is 36.2 Å². The number of nitrogens with zero attached hydrogens (tertiary/aromatic N) is 1. The van der Waals surface area contributed by atoms with Crippen LogP contribution in [-0.2, 0) is 9.05 Å². The van der Waals surface area contributed by atoms with Crippen LogP contribution in [0.25, 0.3) is 11.1 Å². The number of aromatic amines is 1. The Bertz CT molecular complexity index is 602. The highest BCUT2D eigenvalue weighted by atomic mass is 35.7. The molecule has 0 spiro atoms. The molecular weight excluding hydrogens is 248 g/mol. The molecule has 0 saturated heterocycles. The van der Waals surface area contributed by atoms with Gasteiger partial charge in [-0.05, 0) is 24.6 Å². The Balaban J connectivity index is 2.45. The van der Waals surface area contributed by atoms with Gasteiger partial charge in [0.1, 0.15) is 0 Å². The van der Waals surface area contributed by atoms with E-state index < -0.39 is 9.05 Å². The molecule has 0 bridgehead atoms. The van der Waals surface area contributed by atoms with Crippen LogP contribution in [0.3, 0.4) is 0 Å². The van der Waals surface area contributed by atoms with Gasteiger partial charge in [0.15, 0.2) is 0 Å². The fourth-order valence-corrected chi connectivity index (χ4v) is 2.21. The van der Waals surface area contributed by atoms with E-state index in [-0.39, 0.29) is 4.90 Å². The summed E-state index contributed by atoms with van der Waals surface area (Å²) < 4.78 is 22.1. The molecule has 0 unspecified atom stereocenters. The van der Waals surface area contributed by atoms with Crippen LogP contribution in [-0.4, -0.2) is 18.6 Å². The molecule has 0 aliphatic carbocycles. The van der Waals surface area contributed by atoms with E-state index in [0.29, 0.717) is 0 Å². The molecule has 16 heavy (non-hydrogen) atoms. The summed E-state index contributed by atoms with van der Waals surface area (Å²) in [5.74, 6) is 0. The highest BCUT2D eigenvalue weighted by Crippen LogP contribution is 2.24. The summed E-state index contributed by atoms with van der Waals surface area (Å²) in [6, 6.07) is 6.36. The summed E-state index contributed by atoms with van der Waals surface area (Å²) >= 11 is 0. The van der Waals surface area contributed by atoms with Crippen molar-refractivity contribution in [2.45, 2.75) is 11.8 Å². The minimum Gasteiger partial charge on any atom is -0.282 e. The number of aryl methyl sites for hydroxylation is 1. The SMILES string of the molecule is Cc1[nH]ncc1-c1ccc(S(=O)(=O)Cl)cc1. The molecule has 6 heteroatoms. The van der Waals surface area contributed by atoms with Crippen LogP contribution < -0.4 is 0 Å². The number of H-pyrrole nitrogens is 1. The van der Waals surface area contributed by atoms with E-state index in [9.17, 15) is 8.42 Å². The quantitative estimate of drug-likeness (QED) is 0.839. The van der Waals surface area contributed by atoms with E-state index in [4.69, 9.17) is 10.7 Å². The largest absolute Gasteiger partial charge is 0.282 e. The zero-order chi connectivity index (χ0) is 11.8. The normalized spacial score (nSPS) is 11.6. The number of aromatic nitrogens is 2. The van der Waals surface area contributed by atoms with Crippen molar-refractivity contribution in [3.63, 3.8) is 0 Å². The molecule has 2 aromatic rings. The molecule has 0 fully saturated rings. The smallest absolute Gasteiger partial charge is 0.261 e. The lowest BCUT2D eigenvalue weighted by Gasteiger charge is -2.00. The van der Waals surface area contributed by atoms with Gasteiger partial charge in [0.25, 0.3) is 9.05 Å². The Morgan fingerprint density at radius 2 is 1.88 bits per heavy atom. The molecule has 1 heterocycles. The Hall–Kier alpha value is -1.33. The van der Waals surface area contributed by atoms with Gasteiger partial charge >= 0.3 is 0 Å². The average molecular weight is 257 g/mol. The van der Waals surface area contributed by atoms with E-state index in [1.807, 2.05) is 6.92 Å². The van der Waals surface area contributed by atoms with Crippen molar-refractivity contribution in [2.75, 3.05) is 0 Å². The van der Waals surface area contributed by atoms with Gasteiger partial charge in [-0.15, -0.1) is 0 Å². The summed E-state index contributed by atoms with van der Waals surface area (Å²) in [6.07, 6.45) is 1.69. The molecule has 0 saturated carbocycles. The first kappa shape index (κ1) is 11.2. The third-order valence-corrected chi connectivity index (χ3v) is 3.65. The van der Waals surface area contributed by atoms with E-state index in [0.717, 1.165) is 16.8 Å². The number of benzene rings is 1. The van der Waals surface area contributed by atoms with Gasteiger partial charge in [0, 0.05) is 21.9 Å². The molecule has 4 nitrogen and oxygen atoms in total. The highest BCUT2D eigenvalue weighted by Gasteiger charge is 2.10. The second kappa shape index (κ2) is 3.92. The van der Waals surface area contributed by atoms with Gasteiger partial charge < -0.3 is 0 Å². The van der Waals surface area contributed by atoms with Gasteiger partial charge in [-0.25, -0.2) is 8.42 Å². The summed E-state index contributed by atoms with van der Waals surface area (Å²) in [6.45, 7) is 1.90. The molecular formula is C10H9ClN2O2S. The van der Waals surface area contributed by atoms with Gasteiger partial charge in [-0.1, -0.05) is 12.1 Å². The lowest BCUT2D eigenvalue weighted by molar-refractivity contribution is 0.609. The molecule has 2 rings (SSSR count). The Morgan fingerprint density at radius 1 is 1.25 bits per heavy atom. The minimum absolute atomic E-state index is 0.0964. The van der Waals surface area contributed by atoms with Gasteiger partial charge in [0.05, 0.1) is 11.1 Å². The first-order valence-corrected chi connectivity index (χ1v) is 6.84. The predicted octanol–water partition coefficient (Wildman–Crippen LogP) is 2.31. The third kappa shape index (κ3) is 2.10. The number of halogens is 1. The van der Waals surface area contributed by atoms with E-state index in [2.05, 4.69) is 10.2 Å². The Labute approximate surface area is 97.7 Å². The summed E-state index contributed by atoms with van der Waals surface area (Å²) in [4.78, 5) is 0.0964. The minimum atomic E-state index is -3.65.